The molecule has 2 bridgehead atoms. The maximum absolute atomic E-state index is 14.2. The number of nitrogens with one attached hydrogen (secondary N) is 1. The van der Waals surface area contributed by atoms with Gasteiger partial charge in [0.25, 0.3) is 0 Å². The Labute approximate surface area is 126 Å². The minimum absolute atomic E-state index is 0.163. The fourth-order valence-electron chi connectivity index (χ4n) is 3.78. The minimum atomic E-state index is -0.462. The highest BCUT2D eigenvalue weighted by molar-refractivity contribution is 9.10. The molecule has 2 atom stereocenters. The van der Waals surface area contributed by atoms with Crippen LogP contribution in [0.3, 0.4) is 0 Å². The van der Waals surface area contributed by atoms with Gasteiger partial charge in [-0.3, -0.25) is 0 Å². The molecule has 2 nitrogen and oxygen atoms in total. The first-order valence-corrected chi connectivity index (χ1v) is 8.05. The maximum atomic E-state index is 14.2. The third kappa shape index (κ3) is 2.46. The molecule has 20 heavy (non-hydrogen) atoms. The Morgan fingerprint density at radius 2 is 1.75 bits per heavy atom. The van der Waals surface area contributed by atoms with E-state index in [1.54, 1.807) is 0 Å². The number of anilines is 1. The second-order valence-corrected chi connectivity index (χ2v) is 6.65. The van der Waals surface area contributed by atoms with E-state index in [9.17, 15) is 8.78 Å². The summed E-state index contributed by atoms with van der Waals surface area (Å²) in [5.41, 5.74) is 0.163. The first-order chi connectivity index (χ1) is 9.60. The van der Waals surface area contributed by atoms with Crippen molar-refractivity contribution in [1.29, 1.82) is 0 Å². The molecule has 0 amide bonds. The zero-order valence-electron chi connectivity index (χ0n) is 11.5. The first kappa shape index (κ1) is 14.3. The number of nitrogens with zero attached hydrogens (tertiary/aromatic N) is 1. The van der Waals surface area contributed by atoms with Crippen molar-refractivity contribution in [2.75, 3.05) is 11.4 Å². The van der Waals surface area contributed by atoms with E-state index in [0.717, 1.165) is 32.2 Å². The molecule has 1 aromatic rings. The molecule has 1 aromatic carbocycles. The van der Waals surface area contributed by atoms with Gasteiger partial charge in [-0.2, -0.15) is 0 Å². The number of halogens is 3. The molecule has 0 saturated carbocycles. The monoisotopic (exact) mass is 344 g/mol. The summed E-state index contributed by atoms with van der Waals surface area (Å²) >= 11 is 3.14. The predicted octanol–water partition coefficient (Wildman–Crippen LogP) is 3.84. The summed E-state index contributed by atoms with van der Waals surface area (Å²) < 4.78 is 28.8. The molecule has 2 unspecified atom stereocenters. The lowest BCUT2D eigenvalue weighted by Crippen LogP contribution is -2.49. The Morgan fingerprint density at radius 1 is 1.20 bits per heavy atom. The second kappa shape index (κ2) is 5.60. The zero-order chi connectivity index (χ0) is 14.3. The standard InChI is InChI=1S/C15H19BrF2N2/c1-2-19-10-7-11-3-4-12(8-10)20(11)15-13(17)5-9(16)6-14(15)18/h5-6,10-12,19H,2-4,7-8H2,1H3. The van der Waals surface area contributed by atoms with Crippen LogP contribution in [-0.2, 0) is 0 Å². The van der Waals surface area contributed by atoms with Crippen molar-refractivity contribution in [2.24, 2.45) is 0 Å². The summed E-state index contributed by atoms with van der Waals surface area (Å²) in [4.78, 5) is 1.99. The molecule has 2 saturated heterocycles. The lowest BCUT2D eigenvalue weighted by atomic mass is 9.96. The summed E-state index contributed by atoms with van der Waals surface area (Å²) in [6.07, 6.45) is 4.00. The molecule has 2 aliphatic heterocycles. The average molecular weight is 345 g/mol. The second-order valence-electron chi connectivity index (χ2n) is 5.74. The molecule has 2 fully saturated rings. The van der Waals surface area contributed by atoms with Crippen LogP contribution in [0.25, 0.3) is 0 Å². The smallest absolute Gasteiger partial charge is 0.150 e. The fraction of sp³-hybridized carbons (Fsp3) is 0.600. The largest absolute Gasteiger partial charge is 0.361 e. The van der Waals surface area contributed by atoms with E-state index >= 15 is 0 Å². The van der Waals surface area contributed by atoms with Gasteiger partial charge in [-0.05, 0) is 44.4 Å². The topological polar surface area (TPSA) is 15.3 Å². The highest BCUT2D eigenvalue weighted by Gasteiger charge is 2.42. The predicted molar refractivity (Wildman–Crippen MR) is 80.0 cm³/mol. The molecule has 0 radical (unpaired) electrons. The van der Waals surface area contributed by atoms with Crippen molar-refractivity contribution in [1.82, 2.24) is 5.32 Å². The van der Waals surface area contributed by atoms with Crippen molar-refractivity contribution >= 4 is 21.6 Å². The van der Waals surface area contributed by atoms with E-state index in [1.807, 2.05) is 4.90 Å². The number of hydrogen-bond donors (Lipinski definition) is 1. The summed E-state index contributed by atoms with van der Waals surface area (Å²) in [5, 5.41) is 3.47. The molecule has 2 aliphatic rings. The van der Waals surface area contributed by atoms with Gasteiger partial charge in [0, 0.05) is 22.6 Å². The molecule has 0 aromatic heterocycles. The van der Waals surface area contributed by atoms with Crippen LogP contribution < -0.4 is 10.2 Å². The SMILES string of the molecule is CCNC1CC2CCC(C1)N2c1c(F)cc(Br)cc1F. The van der Waals surface area contributed by atoms with E-state index in [-0.39, 0.29) is 17.8 Å². The van der Waals surface area contributed by atoms with E-state index < -0.39 is 11.6 Å². The zero-order valence-corrected chi connectivity index (χ0v) is 13.1. The van der Waals surface area contributed by atoms with Crippen LogP contribution in [0.15, 0.2) is 16.6 Å². The first-order valence-electron chi connectivity index (χ1n) is 7.26. The van der Waals surface area contributed by atoms with Crippen LogP contribution >= 0.6 is 15.9 Å². The molecular formula is C15H19BrF2N2. The lowest BCUT2D eigenvalue weighted by Gasteiger charge is -2.41. The molecule has 0 spiro atoms. The van der Waals surface area contributed by atoms with E-state index in [0.29, 0.717) is 10.5 Å². The summed E-state index contributed by atoms with van der Waals surface area (Å²) in [5.74, 6) is -0.925. The third-order valence-corrected chi connectivity index (χ3v) is 4.92. The molecule has 1 N–H and O–H groups in total. The highest BCUT2D eigenvalue weighted by Crippen LogP contribution is 2.42. The Balaban J connectivity index is 1.89. The van der Waals surface area contributed by atoms with Crippen LogP contribution in [0.4, 0.5) is 14.5 Å². The Bertz CT molecular complexity index is 472. The van der Waals surface area contributed by atoms with Crippen LogP contribution in [0.5, 0.6) is 0 Å². The highest BCUT2D eigenvalue weighted by atomic mass is 79.9. The summed E-state index contributed by atoms with van der Waals surface area (Å²) in [6, 6.07) is 3.70. The summed E-state index contributed by atoms with van der Waals surface area (Å²) in [6.45, 7) is 3.05. The number of fused-ring (bicyclic) bond motifs is 2. The van der Waals surface area contributed by atoms with Crippen molar-refractivity contribution in [3.05, 3.63) is 28.2 Å². The molecule has 3 rings (SSSR count). The van der Waals surface area contributed by atoms with Gasteiger partial charge in [0.15, 0.2) is 11.6 Å². The quantitative estimate of drug-likeness (QED) is 0.896. The number of hydrogen-bond acceptors (Lipinski definition) is 2. The van der Waals surface area contributed by atoms with E-state index in [4.69, 9.17) is 0 Å². The molecule has 5 heteroatoms. The van der Waals surface area contributed by atoms with Crippen molar-refractivity contribution in [3.8, 4) is 0 Å². The fourth-order valence-corrected chi connectivity index (χ4v) is 4.18. The Kier molecular flexibility index (Phi) is 4.00. The van der Waals surface area contributed by atoms with Gasteiger partial charge in [0.2, 0.25) is 0 Å². The van der Waals surface area contributed by atoms with Crippen molar-refractivity contribution in [3.63, 3.8) is 0 Å². The van der Waals surface area contributed by atoms with E-state index in [1.165, 1.54) is 12.1 Å². The molecule has 0 aliphatic carbocycles. The third-order valence-electron chi connectivity index (χ3n) is 4.47. The number of rotatable bonds is 3. The van der Waals surface area contributed by atoms with Crippen LogP contribution in [0, 0.1) is 11.6 Å². The Hall–Kier alpha value is -0.680. The molecule has 110 valence electrons. The van der Waals surface area contributed by atoms with Gasteiger partial charge in [0.1, 0.15) is 5.69 Å². The van der Waals surface area contributed by atoms with Gasteiger partial charge in [-0.15, -0.1) is 0 Å². The van der Waals surface area contributed by atoms with Crippen LogP contribution in [0.1, 0.15) is 32.6 Å². The van der Waals surface area contributed by atoms with Crippen LogP contribution in [0.2, 0.25) is 0 Å². The molecule has 2 heterocycles. The summed E-state index contributed by atoms with van der Waals surface area (Å²) in [7, 11) is 0. The van der Waals surface area contributed by atoms with Gasteiger partial charge in [0.05, 0.1) is 0 Å². The van der Waals surface area contributed by atoms with Crippen molar-refractivity contribution < 1.29 is 8.78 Å². The van der Waals surface area contributed by atoms with Crippen molar-refractivity contribution in [2.45, 2.75) is 50.7 Å². The number of benzene rings is 1. The maximum Gasteiger partial charge on any atom is 0.150 e. The van der Waals surface area contributed by atoms with Crippen LogP contribution in [-0.4, -0.2) is 24.7 Å². The van der Waals surface area contributed by atoms with Gasteiger partial charge in [-0.25, -0.2) is 8.78 Å². The lowest BCUT2D eigenvalue weighted by molar-refractivity contribution is 0.355. The minimum Gasteiger partial charge on any atom is -0.361 e. The van der Waals surface area contributed by atoms with E-state index in [2.05, 4.69) is 28.2 Å². The van der Waals surface area contributed by atoms with Gasteiger partial charge in [-0.1, -0.05) is 22.9 Å². The number of piperidine rings is 1. The van der Waals surface area contributed by atoms with Gasteiger partial charge < -0.3 is 10.2 Å². The average Bonchev–Trinajstić information content (AvgIpc) is 2.62. The normalized spacial score (nSPS) is 29.0. The van der Waals surface area contributed by atoms with Gasteiger partial charge >= 0.3 is 0 Å². The molecular weight excluding hydrogens is 326 g/mol. The Morgan fingerprint density at radius 3 is 2.25 bits per heavy atom.